The molecule has 0 atom stereocenters. The molecule has 1 N–H and O–H groups in total. The molecule has 2 aromatic carbocycles. The van der Waals surface area contributed by atoms with Crippen molar-refractivity contribution in [2.24, 2.45) is 0 Å². The van der Waals surface area contributed by atoms with Gasteiger partial charge < -0.3 is 15.1 Å². The molecule has 6 nitrogen and oxygen atoms in total. The first-order valence-corrected chi connectivity index (χ1v) is 10.7. The Hall–Kier alpha value is -2.90. The third kappa shape index (κ3) is 4.43. The van der Waals surface area contributed by atoms with E-state index in [2.05, 4.69) is 27.1 Å². The Morgan fingerprint density at radius 1 is 1.13 bits per heavy atom. The SMILES string of the molecule is CCN1CCN(c2ccc(Cl)cc2NC(=O)c2cnn(-c3ccccc3F)c2C)CC1. The van der Waals surface area contributed by atoms with Crippen LogP contribution >= 0.6 is 11.6 Å². The number of amides is 1. The summed E-state index contributed by atoms with van der Waals surface area (Å²) in [6.45, 7) is 8.64. The van der Waals surface area contributed by atoms with Crippen molar-refractivity contribution in [3.05, 3.63) is 70.8 Å². The van der Waals surface area contributed by atoms with Crippen LogP contribution in [-0.4, -0.2) is 53.3 Å². The number of nitrogens with one attached hydrogen (secondary N) is 1. The lowest BCUT2D eigenvalue weighted by Crippen LogP contribution is -2.46. The van der Waals surface area contributed by atoms with Gasteiger partial charge in [-0.15, -0.1) is 0 Å². The highest BCUT2D eigenvalue weighted by Gasteiger charge is 2.22. The van der Waals surface area contributed by atoms with Gasteiger partial charge in [-0.3, -0.25) is 4.79 Å². The van der Waals surface area contributed by atoms with Crippen LogP contribution in [0.3, 0.4) is 0 Å². The van der Waals surface area contributed by atoms with Crippen LogP contribution in [0.25, 0.3) is 5.69 Å². The number of halogens is 2. The van der Waals surface area contributed by atoms with Crippen molar-refractivity contribution >= 4 is 28.9 Å². The maximum absolute atomic E-state index is 14.2. The predicted octanol–water partition coefficient (Wildman–Crippen LogP) is 4.37. The Bertz CT molecular complexity index is 1090. The van der Waals surface area contributed by atoms with E-state index in [-0.39, 0.29) is 5.91 Å². The molecular weight excluding hydrogens is 417 g/mol. The lowest BCUT2D eigenvalue weighted by atomic mass is 10.2. The molecule has 0 aliphatic carbocycles. The molecule has 1 aliphatic rings. The molecule has 4 rings (SSSR count). The maximum Gasteiger partial charge on any atom is 0.259 e. The van der Waals surface area contributed by atoms with Gasteiger partial charge in [0.2, 0.25) is 0 Å². The van der Waals surface area contributed by atoms with Gasteiger partial charge in [0, 0.05) is 31.2 Å². The molecule has 0 saturated carbocycles. The van der Waals surface area contributed by atoms with Gasteiger partial charge >= 0.3 is 0 Å². The van der Waals surface area contributed by atoms with Crippen LogP contribution in [-0.2, 0) is 0 Å². The summed E-state index contributed by atoms with van der Waals surface area (Å²) in [5.74, 6) is -0.709. The number of rotatable bonds is 5. The van der Waals surface area contributed by atoms with Crippen molar-refractivity contribution in [3.8, 4) is 5.69 Å². The number of anilines is 2. The number of benzene rings is 2. The van der Waals surface area contributed by atoms with Crippen LogP contribution in [0, 0.1) is 12.7 Å². The molecule has 8 heteroatoms. The van der Waals surface area contributed by atoms with Gasteiger partial charge in [0.15, 0.2) is 0 Å². The molecule has 1 saturated heterocycles. The Labute approximate surface area is 186 Å². The van der Waals surface area contributed by atoms with Crippen LogP contribution in [0.5, 0.6) is 0 Å². The largest absolute Gasteiger partial charge is 0.367 e. The molecule has 3 aromatic rings. The topological polar surface area (TPSA) is 53.4 Å². The second kappa shape index (κ2) is 9.08. The van der Waals surface area contributed by atoms with Crippen molar-refractivity contribution in [2.45, 2.75) is 13.8 Å². The number of carbonyl (C=O) groups excluding carboxylic acids is 1. The average Bonchev–Trinajstić information content (AvgIpc) is 3.15. The fraction of sp³-hybridized carbons (Fsp3) is 0.304. The Kier molecular flexibility index (Phi) is 6.25. The van der Waals surface area contributed by atoms with Crippen LogP contribution in [0.2, 0.25) is 5.02 Å². The summed E-state index contributed by atoms with van der Waals surface area (Å²) in [7, 11) is 0. The van der Waals surface area contributed by atoms with E-state index >= 15 is 0 Å². The number of hydrogen-bond donors (Lipinski definition) is 1. The first-order chi connectivity index (χ1) is 15.0. The van der Waals surface area contributed by atoms with Crippen LogP contribution in [0.15, 0.2) is 48.7 Å². The van der Waals surface area contributed by atoms with E-state index in [9.17, 15) is 9.18 Å². The number of hydrogen-bond acceptors (Lipinski definition) is 4. The van der Waals surface area contributed by atoms with Crippen molar-refractivity contribution in [2.75, 3.05) is 42.9 Å². The summed E-state index contributed by atoms with van der Waals surface area (Å²) < 4.78 is 15.6. The van der Waals surface area contributed by atoms with Gasteiger partial charge in [-0.05, 0) is 43.8 Å². The normalized spacial score (nSPS) is 14.6. The molecule has 0 unspecified atom stereocenters. The van der Waals surface area contributed by atoms with E-state index < -0.39 is 5.82 Å². The summed E-state index contributed by atoms with van der Waals surface area (Å²) in [5.41, 5.74) is 2.83. The van der Waals surface area contributed by atoms with Crippen LogP contribution in [0.4, 0.5) is 15.8 Å². The number of piperazine rings is 1. The monoisotopic (exact) mass is 441 g/mol. The van der Waals surface area contributed by atoms with Gasteiger partial charge in [-0.1, -0.05) is 30.7 Å². The summed E-state index contributed by atoms with van der Waals surface area (Å²) >= 11 is 6.23. The molecule has 2 heterocycles. The zero-order valence-corrected chi connectivity index (χ0v) is 18.4. The molecule has 1 aromatic heterocycles. The number of carbonyl (C=O) groups is 1. The molecular formula is C23H25ClFN5O. The van der Waals surface area contributed by atoms with E-state index in [0.29, 0.717) is 27.7 Å². The highest BCUT2D eigenvalue weighted by Crippen LogP contribution is 2.31. The Morgan fingerprint density at radius 2 is 1.87 bits per heavy atom. The highest BCUT2D eigenvalue weighted by atomic mass is 35.5. The Balaban J connectivity index is 1.58. The minimum absolute atomic E-state index is 0.302. The first kappa shape index (κ1) is 21.3. The van der Waals surface area contributed by atoms with Crippen LogP contribution in [0.1, 0.15) is 23.0 Å². The fourth-order valence-corrected chi connectivity index (χ4v) is 4.05. The van der Waals surface area contributed by atoms with Gasteiger partial charge in [0.1, 0.15) is 11.5 Å². The molecule has 1 aliphatic heterocycles. The smallest absolute Gasteiger partial charge is 0.259 e. The van der Waals surface area contributed by atoms with Gasteiger partial charge in [0.25, 0.3) is 5.91 Å². The van der Waals surface area contributed by atoms with E-state index in [0.717, 1.165) is 38.4 Å². The van der Waals surface area contributed by atoms with E-state index in [4.69, 9.17) is 11.6 Å². The number of nitrogens with zero attached hydrogens (tertiary/aromatic N) is 4. The lowest BCUT2D eigenvalue weighted by Gasteiger charge is -2.36. The molecule has 1 amide bonds. The van der Waals surface area contributed by atoms with E-state index in [1.54, 1.807) is 31.2 Å². The average molecular weight is 442 g/mol. The minimum atomic E-state index is -0.399. The highest BCUT2D eigenvalue weighted by molar-refractivity contribution is 6.31. The predicted molar refractivity (Wildman–Crippen MR) is 122 cm³/mol. The summed E-state index contributed by atoms with van der Waals surface area (Å²) in [5, 5.41) is 7.76. The summed E-state index contributed by atoms with van der Waals surface area (Å²) in [6, 6.07) is 11.9. The summed E-state index contributed by atoms with van der Waals surface area (Å²) in [4.78, 5) is 17.7. The first-order valence-electron chi connectivity index (χ1n) is 10.4. The van der Waals surface area contributed by atoms with Crippen molar-refractivity contribution in [3.63, 3.8) is 0 Å². The molecule has 1 fully saturated rings. The molecule has 162 valence electrons. The quantitative estimate of drug-likeness (QED) is 0.639. The second-order valence-corrected chi connectivity index (χ2v) is 7.98. The minimum Gasteiger partial charge on any atom is -0.367 e. The molecule has 0 spiro atoms. The second-order valence-electron chi connectivity index (χ2n) is 7.54. The van der Waals surface area contributed by atoms with E-state index in [1.807, 2.05) is 12.1 Å². The third-order valence-electron chi connectivity index (χ3n) is 5.70. The lowest BCUT2D eigenvalue weighted by molar-refractivity contribution is 0.102. The van der Waals surface area contributed by atoms with Crippen LogP contribution < -0.4 is 10.2 Å². The number of likely N-dealkylation sites (N-methyl/N-ethyl adjacent to an activating group) is 1. The molecule has 0 bridgehead atoms. The summed E-state index contributed by atoms with van der Waals surface area (Å²) in [6.07, 6.45) is 1.46. The number of aromatic nitrogens is 2. The van der Waals surface area contributed by atoms with Gasteiger partial charge in [-0.2, -0.15) is 5.10 Å². The van der Waals surface area contributed by atoms with E-state index in [1.165, 1.54) is 16.9 Å². The third-order valence-corrected chi connectivity index (χ3v) is 5.94. The fourth-order valence-electron chi connectivity index (χ4n) is 3.88. The standard InChI is InChI=1S/C23H25ClFN5O/c1-3-28-10-12-29(13-11-28)22-9-8-17(24)14-20(22)27-23(31)18-15-26-30(16(18)2)21-7-5-4-6-19(21)25/h4-9,14-15H,3,10-13H2,1-2H3,(H,27,31). The number of para-hydroxylation sites is 1. The molecule has 31 heavy (non-hydrogen) atoms. The van der Waals surface area contributed by atoms with Crippen molar-refractivity contribution in [1.29, 1.82) is 0 Å². The van der Waals surface area contributed by atoms with Crippen molar-refractivity contribution < 1.29 is 9.18 Å². The molecule has 0 radical (unpaired) electrons. The Morgan fingerprint density at radius 3 is 2.58 bits per heavy atom. The zero-order chi connectivity index (χ0) is 22.0. The van der Waals surface area contributed by atoms with Gasteiger partial charge in [-0.25, -0.2) is 9.07 Å². The zero-order valence-electron chi connectivity index (χ0n) is 17.6. The van der Waals surface area contributed by atoms with Gasteiger partial charge in [0.05, 0.1) is 28.8 Å². The maximum atomic E-state index is 14.2. The van der Waals surface area contributed by atoms with Crippen molar-refractivity contribution in [1.82, 2.24) is 14.7 Å².